The number of hydrogen-bond donors (Lipinski definition) is 0. The van der Waals surface area contributed by atoms with Crippen molar-refractivity contribution >= 4 is 44.2 Å². The normalized spacial score (nSPS) is 12.1. The van der Waals surface area contributed by atoms with E-state index in [0.717, 1.165) is 27.3 Å². The summed E-state index contributed by atoms with van der Waals surface area (Å²) in [7, 11) is 0. The van der Waals surface area contributed by atoms with E-state index in [1.807, 2.05) is 12.3 Å². The highest BCUT2D eigenvalue weighted by atomic mass is 32.1. The van der Waals surface area contributed by atoms with Crippen molar-refractivity contribution < 1.29 is 0 Å². The van der Waals surface area contributed by atoms with Crippen molar-refractivity contribution in [3.05, 3.63) is 144 Å². The quantitative estimate of drug-likeness (QED) is 0.171. The first-order valence-electron chi connectivity index (χ1n) is 16.0. The Kier molecular flexibility index (Phi) is 7.88. The molecule has 0 saturated carbocycles. The van der Waals surface area contributed by atoms with Crippen molar-refractivity contribution in [2.75, 3.05) is 0 Å². The van der Waals surface area contributed by atoms with Gasteiger partial charge in [-0.25, -0.2) is 4.98 Å². The molecule has 7 aromatic rings. The summed E-state index contributed by atoms with van der Waals surface area (Å²) in [5.74, 6) is 0.501. The van der Waals surface area contributed by atoms with Gasteiger partial charge in [-0.1, -0.05) is 138 Å². The molecule has 0 unspecified atom stereocenters. The van der Waals surface area contributed by atoms with Gasteiger partial charge >= 0.3 is 0 Å². The van der Waals surface area contributed by atoms with Gasteiger partial charge in [0.15, 0.2) is 0 Å². The fourth-order valence-electron chi connectivity index (χ4n) is 5.99. The first-order valence-corrected chi connectivity index (χ1v) is 16.8. The lowest BCUT2D eigenvalue weighted by atomic mass is 9.85. The monoisotopic (exact) mass is 614 g/mol. The Bertz CT molecular complexity index is 2210. The molecule has 46 heavy (non-hydrogen) atoms. The summed E-state index contributed by atoms with van der Waals surface area (Å²) in [6.07, 6.45) is 1.98. The second-order valence-electron chi connectivity index (χ2n) is 13.3. The van der Waals surface area contributed by atoms with Crippen LogP contribution < -0.4 is 0 Å². The van der Waals surface area contributed by atoms with Gasteiger partial charge in [0.1, 0.15) is 5.01 Å². The lowest BCUT2D eigenvalue weighted by Crippen LogP contribution is -2.11. The van der Waals surface area contributed by atoms with Gasteiger partial charge in [0.2, 0.25) is 0 Å². The van der Waals surface area contributed by atoms with E-state index < -0.39 is 0 Å². The van der Waals surface area contributed by atoms with Crippen LogP contribution in [0.2, 0.25) is 0 Å². The highest BCUT2D eigenvalue weighted by Crippen LogP contribution is 2.42. The molecule has 0 aliphatic heterocycles. The molecule has 0 atom stereocenters. The minimum atomic E-state index is 0.00494. The van der Waals surface area contributed by atoms with Gasteiger partial charge in [-0.05, 0) is 74.2 Å². The zero-order chi connectivity index (χ0) is 31.8. The zero-order valence-electron chi connectivity index (χ0n) is 27.1. The summed E-state index contributed by atoms with van der Waals surface area (Å²) < 4.78 is 1.19. The molecule has 1 aromatic heterocycles. The molecular formula is C43H38N2S. The van der Waals surface area contributed by atoms with E-state index >= 15 is 0 Å². The number of nitrogens with zero attached hydrogens (tertiary/aromatic N) is 2. The van der Waals surface area contributed by atoms with Crippen molar-refractivity contribution in [1.82, 2.24) is 4.98 Å². The molecule has 0 fully saturated rings. The smallest absolute Gasteiger partial charge is 0.126 e. The third kappa shape index (κ3) is 5.91. The predicted molar refractivity (Wildman–Crippen MR) is 200 cm³/mol. The van der Waals surface area contributed by atoms with Gasteiger partial charge in [-0.3, -0.25) is 4.99 Å². The predicted octanol–water partition coefficient (Wildman–Crippen LogP) is 12.6. The number of benzene rings is 6. The summed E-state index contributed by atoms with van der Waals surface area (Å²) in [4.78, 5) is 10.3. The fraction of sp³-hybridized carbons (Fsp3) is 0.163. The van der Waals surface area contributed by atoms with Crippen LogP contribution >= 0.6 is 11.3 Å². The molecule has 3 heteroatoms. The molecule has 2 nitrogen and oxygen atoms in total. The van der Waals surface area contributed by atoms with Gasteiger partial charge in [-0.15, -0.1) is 11.3 Å². The largest absolute Gasteiger partial charge is 0.256 e. The van der Waals surface area contributed by atoms with E-state index in [0.29, 0.717) is 5.92 Å². The summed E-state index contributed by atoms with van der Waals surface area (Å²) in [5.41, 5.74) is 11.6. The zero-order valence-corrected chi connectivity index (χ0v) is 27.9. The van der Waals surface area contributed by atoms with Crippen LogP contribution in [-0.2, 0) is 5.41 Å². The SMILES string of the molecule is CC(C)c1cccc(-c2ccc(-c3cc(C(C)(C)C)cc4sc(-c5ccccc5N=Cc5cccc6ccccc56)nc34)cc2)c1. The van der Waals surface area contributed by atoms with Gasteiger partial charge < -0.3 is 0 Å². The van der Waals surface area contributed by atoms with Crippen LogP contribution in [0.5, 0.6) is 0 Å². The summed E-state index contributed by atoms with van der Waals surface area (Å²) >= 11 is 1.75. The highest BCUT2D eigenvalue weighted by molar-refractivity contribution is 7.21. The summed E-state index contributed by atoms with van der Waals surface area (Å²) in [6, 6.07) is 45.7. The lowest BCUT2D eigenvalue weighted by Gasteiger charge is -2.20. The second-order valence-corrected chi connectivity index (χ2v) is 14.4. The third-order valence-corrected chi connectivity index (χ3v) is 9.78. The molecular weight excluding hydrogens is 577 g/mol. The Labute approximate surface area is 276 Å². The van der Waals surface area contributed by atoms with Gasteiger partial charge in [0.25, 0.3) is 0 Å². The van der Waals surface area contributed by atoms with Crippen LogP contribution in [0, 0.1) is 0 Å². The molecule has 0 saturated heterocycles. The average Bonchev–Trinajstić information content (AvgIpc) is 3.51. The minimum Gasteiger partial charge on any atom is -0.256 e. The maximum atomic E-state index is 5.30. The van der Waals surface area contributed by atoms with Gasteiger partial charge in [0.05, 0.1) is 15.9 Å². The molecule has 0 radical (unpaired) electrons. The average molecular weight is 615 g/mol. The molecule has 7 rings (SSSR count). The molecule has 0 aliphatic carbocycles. The summed E-state index contributed by atoms with van der Waals surface area (Å²) in [6.45, 7) is 11.3. The maximum absolute atomic E-state index is 5.30. The lowest BCUT2D eigenvalue weighted by molar-refractivity contribution is 0.591. The van der Waals surface area contributed by atoms with Crippen LogP contribution in [0.15, 0.2) is 132 Å². The van der Waals surface area contributed by atoms with Crippen molar-refractivity contribution in [2.45, 2.75) is 46.0 Å². The van der Waals surface area contributed by atoms with Crippen LogP contribution in [0.4, 0.5) is 5.69 Å². The number of aromatic nitrogens is 1. The number of rotatable bonds is 6. The maximum Gasteiger partial charge on any atom is 0.126 e. The van der Waals surface area contributed by atoms with Crippen molar-refractivity contribution in [3.8, 4) is 32.8 Å². The van der Waals surface area contributed by atoms with Gasteiger partial charge in [-0.2, -0.15) is 0 Å². The fourth-order valence-corrected chi connectivity index (χ4v) is 7.05. The van der Waals surface area contributed by atoms with Crippen LogP contribution in [-0.4, -0.2) is 11.2 Å². The molecule has 1 heterocycles. The Morgan fingerprint density at radius 2 is 1.39 bits per heavy atom. The Hall–Kier alpha value is -4.86. The standard InChI is InChI=1S/C43H38N2S/c1-28(2)32-14-11-15-33(24-32)29-20-22-31(23-21-29)38-25-35(43(3,4)5)26-40-41(38)45-42(46-40)37-18-8-9-19-39(37)44-27-34-16-10-13-30-12-6-7-17-36(30)34/h6-28H,1-5H3. The van der Waals surface area contributed by atoms with E-state index in [4.69, 9.17) is 9.98 Å². The highest BCUT2D eigenvalue weighted by Gasteiger charge is 2.20. The molecule has 0 N–H and O–H groups in total. The second kappa shape index (κ2) is 12.2. The number of para-hydroxylation sites is 1. The third-order valence-electron chi connectivity index (χ3n) is 8.74. The topological polar surface area (TPSA) is 25.2 Å². The van der Waals surface area contributed by atoms with Crippen molar-refractivity contribution in [1.29, 1.82) is 0 Å². The Morgan fingerprint density at radius 3 is 2.20 bits per heavy atom. The number of thiazole rings is 1. The van der Waals surface area contributed by atoms with Crippen molar-refractivity contribution in [3.63, 3.8) is 0 Å². The van der Waals surface area contributed by atoms with Crippen LogP contribution in [0.25, 0.3) is 53.8 Å². The Balaban J connectivity index is 1.30. The Morgan fingerprint density at radius 1 is 0.674 bits per heavy atom. The van der Waals surface area contributed by atoms with Gasteiger partial charge in [0, 0.05) is 22.9 Å². The number of aliphatic imine (C=N–C) groups is 1. The molecule has 0 aliphatic rings. The minimum absolute atomic E-state index is 0.00494. The molecule has 0 bridgehead atoms. The molecule has 6 aromatic carbocycles. The molecule has 0 amide bonds. The van der Waals surface area contributed by atoms with Crippen LogP contribution in [0.3, 0.4) is 0 Å². The first-order chi connectivity index (χ1) is 22.2. The van der Waals surface area contributed by atoms with Crippen LogP contribution in [0.1, 0.15) is 57.2 Å². The number of fused-ring (bicyclic) bond motifs is 2. The molecule has 0 spiro atoms. The molecule has 226 valence electrons. The van der Waals surface area contributed by atoms with Crippen molar-refractivity contribution in [2.24, 2.45) is 4.99 Å². The van der Waals surface area contributed by atoms with E-state index in [-0.39, 0.29) is 5.41 Å². The van der Waals surface area contributed by atoms with E-state index in [9.17, 15) is 0 Å². The number of hydrogen-bond acceptors (Lipinski definition) is 3. The first kappa shape index (κ1) is 29.8. The van der Waals surface area contributed by atoms with E-state index in [1.165, 1.54) is 48.9 Å². The van der Waals surface area contributed by atoms with E-state index in [2.05, 4.69) is 156 Å². The van der Waals surface area contributed by atoms with E-state index in [1.54, 1.807) is 11.3 Å². The summed E-state index contributed by atoms with van der Waals surface area (Å²) in [5, 5.41) is 3.39.